The molecule has 19 heavy (non-hydrogen) atoms. The van der Waals surface area contributed by atoms with Crippen LogP contribution in [0.1, 0.15) is 46.5 Å². The Balaban J connectivity index is 2.58. The van der Waals surface area contributed by atoms with Crippen LogP contribution in [0.4, 0.5) is 0 Å². The highest BCUT2D eigenvalue weighted by atomic mass is 32.1. The Morgan fingerprint density at radius 2 is 1.95 bits per heavy atom. The Hall–Kier alpha value is -1.75. The summed E-state index contributed by atoms with van der Waals surface area (Å²) in [4.78, 5) is 21.1. The smallest absolute Gasteiger partial charge is 0.337 e. The number of rotatable bonds is 3. The van der Waals surface area contributed by atoms with E-state index in [0.717, 1.165) is 21.3 Å². The van der Waals surface area contributed by atoms with Crippen molar-refractivity contribution in [3.63, 3.8) is 0 Å². The van der Waals surface area contributed by atoms with Crippen LogP contribution in [0.15, 0.2) is 12.1 Å². The van der Waals surface area contributed by atoms with Crippen LogP contribution in [0.25, 0.3) is 10.6 Å². The summed E-state index contributed by atoms with van der Waals surface area (Å²) in [5.74, 6) is -0.861. The van der Waals surface area contributed by atoms with Crippen molar-refractivity contribution in [2.24, 2.45) is 0 Å². The molecule has 4 nitrogen and oxygen atoms in total. The molecule has 2 aromatic heterocycles. The molecular weight excluding hydrogens is 260 g/mol. The van der Waals surface area contributed by atoms with Gasteiger partial charge in [0.2, 0.25) is 0 Å². The van der Waals surface area contributed by atoms with Crippen LogP contribution in [-0.2, 0) is 0 Å². The highest BCUT2D eigenvalue weighted by Gasteiger charge is 2.17. The van der Waals surface area contributed by atoms with Gasteiger partial charge in [0.15, 0.2) is 0 Å². The fourth-order valence-electron chi connectivity index (χ4n) is 1.99. The van der Waals surface area contributed by atoms with Crippen LogP contribution < -0.4 is 0 Å². The second-order valence-corrected chi connectivity index (χ2v) is 5.94. The number of hydrogen-bond donors (Lipinski definition) is 1. The van der Waals surface area contributed by atoms with E-state index in [1.165, 1.54) is 0 Å². The number of nitrogens with zero attached hydrogens (tertiary/aromatic N) is 2. The summed E-state index contributed by atoms with van der Waals surface area (Å²) >= 11 is 1.58. The molecular formula is C14H16N2O2S. The number of aromatic carboxylic acids is 1. The molecule has 2 aromatic rings. The molecule has 0 unspecified atom stereocenters. The van der Waals surface area contributed by atoms with E-state index in [1.807, 2.05) is 27.7 Å². The minimum Gasteiger partial charge on any atom is -0.478 e. The van der Waals surface area contributed by atoms with Crippen LogP contribution in [0.5, 0.6) is 0 Å². The zero-order valence-corrected chi connectivity index (χ0v) is 12.2. The second kappa shape index (κ2) is 5.09. The van der Waals surface area contributed by atoms with Crippen molar-refractivity contribution in [2.75, 3.05) is 0 Å². The molecule has 100 valence electrons. The fourth-order valence-corrected chi connectivity index (χ4v) is 2.88. The molecule has 0 saturated heterocycles. The molecule has 0 aromatic carbocycles. The van der Waals surface area contributed by atoms with E-state index in [0.29, 0.717) is 5.69 Å². The summed E-state index contributed by atoms with van der Waals surface area (Å²) in [5, 5.41) is 10.2. The van der Waals surface area contributed by atoms with Gasteiger partial charge in [-0.05, 0) is 31.9 Å². The summed E-state index contributed by atoms with van der Waals surface area (Å²) in [6.07, 6.45) is 0. The third-order valence-corrected chi connectivity index (χ3v) is 3.93. The number of pyridine rings is 1. The lowest BCUT2D eigenvalue weighted by Gasteiger charge is -2.10. The monoisotopic (exact) mass is 276 g/mol. The van der Waals surface area contributed by atoms with Gasteiger partial charge < -0.3 is 5.11 Å². The predicted octanol–water partition coefficient (Wildman–Crippen LogP) is 3.64. The first-order valence-corrected chi connectivity index (χ1v) is 6.90. The van der Waals surface area contributed by atoms with E-state index in [1.54, 1.807) is 23.5 Å². The molecule has 0 spiro atoms. The Morgan fingerprint density at radius 1 is 1.26 bits per heavy atom. The third kappa shape index (κ3) is 2.66. The van der Waals surface area contributed by atoms with Gasteiger partial charge in [-0.2, -0.15) is 0 Å². The topological polar surface area (TPSA) is 63.1 Å². The van der Waals surface area contributed by atoms with Crippen LogP contribution in [-0.4, -0.2) is 21.0 Å². The number of carboxylic acids is 1. The van der Waals surface area contributed by atoms with Crippen molar-refractivity contribution in [2.45, 2.75) is 33.6 Å². The largest absolute Gasteiger partial charge is 0.478 e. The number of aryl methyl sites for hydroxylation is 2. The van der Waals surface area contributed by atoms with Crippen molar-refractivity contribution in [1.82, 2.24) is 9.97 Å². The van der Waals surface area contributed by atoms with Crippen LogP contribution in [0, 0.1) is 13.8 Å². The summed E-state index contributed by atoms with van der Waals surface area (Å²) in [6.45, 7) is 7.80. The van der Waals surface area contributed by atoms with Crippen molar-refractivity contribution in [3.05, 3.63) is 34.1 Å². The number of thiazole rings is 1. The van der Waals surface area contributed by atoms with Gasteiger partial charge in [0, 0.05) is 0 Å². The van der Waals surface area contributed by atoms with Crippen molar-refractivity contribution in [1.29, 1.82) is 0 Å². The molecule has 0 radical (unpaired) electrons. The van der Waals surface area contributed by atoms with Gasteiger partial charge in [-0.1, -0.05) is 13.8 Å². The van der Waals surface area contributed by atoms with Crippen molar-refractivity contribution >= 4 is 17.3 Å². The van der Waals surface area contributed by atoms with E-state index in [4.69, 9.17) is 0 Å². The fraction of sp³-hybridized carbons (Fsp3) is 0.357. The van der Waals surface area contributed by atoms with Crippen LogP contribution in [0.2, 0.25) is 0 Å². The SMILES string of the molecule is Cc1nc(C)c(-c2ccc(C(=O)O)c(C(C)C)n2)s1. The zero-order valence-electron chi connectivity index (χ0n) is 11.4. The van der Waals surface area contributed by atoms with E-state index in [-0.39, 0.29) is 11.5 Å². The van der Waals surface area contributed by atoms with Gasteiger partial charge in [-0.3, -0.25) is 4.98 Å². The van der Waals surface area contributed by atoms with Crippen LogP contribution >= 0.6 is 11.3 Å². The summed E-state index contributed by atoms with van der Waals surface area (Å²) in [7, 11) is 0. The Labute approximate surface area is 116 Å². The average molecular weight is 276 g/mol. The highest BCUT2D eigenvalue weighted by Crippen LogP contribution is 2.30. The maximum Gasteiger partial charge on any atom is 0.337 e. The molecule has 0 saturated carbocycles. The molecule has 0 aliphatic carbocycles. The summed E-state index contributed by atoms with van der Waals surface area (Å²) in [6, 6.07) is 3.39. The predicted molar refractivity (Wildman–Crippen MR) is 75.9 cm³/mol. The van der Waals surface area contributed by atoms with E-state index < -0.39 is 5.97 Å². The maximum absolute atomic E-state index is 11.2. The van der Waals surface area contributed by atoms with E-state index in [9.17, 15) is 9.90 Å². The first-order chi connectivity index (χ1) is 8.90. The number of carbonyl (C=O) groups is 1. The first kappa shape index (κ1) is 13.7. The first-order valence-electron chi connectivity index (χ1n) is 6.08. The lowest BCUT2D eigenvalue weighted by molar-refractivity contribution is 0.0694. The number of hydrogen-bond acceptors (Lipinski definition) is 4. The summed E-state index contributed by atoms with van der Waals surface area (Å²) < 4.78 is 0. The van der Waals surface area contributed by atoms with E-state index in [2.05, 4.69) is 9.97 Å². The molecule has 1 N–H and O–H groups in total. The van der Waals surface area contributed by atoms with Crippen LogP contribution in [0.3, 0.4) is 0 Å². The zero-order chi connectivity index (χ0) is 14.2. The number of aromatic nitrogens is 2. The lowest BCUT2D eigenvalue weighted by atomic mass is 10.0. The second-order valence-electron chi connectivity index (χ2n) is 4.74. The molecule has 0 amide bonds. The van der Waals surface area contributed by atoms with E-state index >= 15 is 0 Å². The van der Waals surface area contributed by atoms with Gasteiger partial charge in [0.05, 0.1) is 32.5 Å². The maximum atomic E-state index is 11.2. The standard InChI is InChI=1S/C14H16N2O2S/c1-7(2)12-10(14(17)18)5-6-11(16-12)13-8(3)15-9(4)19-13/h5-7H,1-4H3,(H,17,18). The average Bonchev–Trinajstić information content (AvgIpc) is 2.67. The van der Waals surface area contributed by atoms with Gasteiger partial charge in [0.1, 0.15) is 0 Å². The quantitative estimate of drug-likeness (QED) is 0.929. The van der Waals surface area contributed by atoms with Crippen molar-refractivity contribution < 1.29 is 9.90 Å². The molecule has 5 heteroatoms. The van der Waals surface area contributed by atoms with Gasteiger partial charge in [-0.15, -0.1) is 11.3 Å². The minimum absolute atomic E-state index is 0.0698. The van der Waals surface area contributed by atoms with Gasteiger partial charge in [-0.25, -0.2) is 9.78 Å². The van der Waals surface area contributed by atoms with Crippen molar-refractivity contribution in [3.8, 4) is 10.6 Å². The summed E-state index contributed by atoms with van der Waals surface area (Å²) in [5.41, 5.74) is 2.64. The molecule has 0 aliphatic heterocycles. The van der Waals surface area contributed by atoms with Gasteiger partial charge >= 0.3 is 5.97 Å². The molecule has 0 fully saturated rings. The molecule has 0 aliphatic rings. The highest BCUT2D eigenvalue weighted by molar-refractivity contribution is 7.15. The van der Waals surface area contributed by atoms with Gasteiger partial charge in [0.25, 0.3) is 0 Å². The third-order valence-electron chi connectivity index (χ3n) is 2.84. The minimum atomic E-state index is -0.931. The molecule has 0 bridgehead atoms. The molecule has 0 atom stereocenters. The Kier molecular flexibility index (Phi) is 3.66. The number of carboxylic acid groups (broad SMARTS) is 1. The Morgan fingerprint density at radius 3 is 2.42 bits per heavy atom. The molecule has 2 heterocycles. The lowest BCUT2D eigenvalue weighted by Crippen LogP contribution is -2.07. The normalized spacial score (nSPS) is 11.0. The molecule has 2 rings (SSSR count). The Bertz CT molecular complexity index is 632.